The lowest BCUT2D eigenvalue weighted by molar-refractivity contribution is -0.896. The first kappa shape index (κ1) is 21.7. The van der Waals surface area contributed by atoms with Gasteiger partial charge in [0, 0.05) is 12.8 Å². The van der Waals surface area contributed by atoms with E-state index >= 15 is 0 Å². The highest BCUT2D eigenvalue weighted by Crippen LogP contribution is 2.29. The third-order valence-electron chi connectivity index (χ3n) is 5.21. The van der Waals surface area contributed by atoms with E-state index in [9.17, 15) is 4.79 Å². The van der Waals surface area contributed by atoms with Gasteiger partial charge in [-0.15, -0.1) is 0 Å². The maximum atomic E-state index is 13.1. The molecule has 0 radical (unpaired) electrons. The minimum absolute atomic E-state index is 0. The van der Waals surface area contributed by atoms with Crippen molar-refractivity contribution in [1.82, 2.24) is 0 Å². The zero-order valence-corrected chi connectivity index (χ0v) is 18.4. The molecule has 0 aliphatic carbocycles. The van der Waals surface area contributed by atoms with Gasteiger partial charge in [0.1, 0.15) is 17.8 Å². The number of benzene rings is 2. The minimum atomic E-state index is -0.411. The second-order valence-electron chi connectivity index (χ2n) is 7.64. The first-order valence-corrected chi connectivity index (χ1v) is 9.20. The average molecular weight is 481 g/mol. The average Bonchev–Trinajstić information content (AvgIpc) is 2.65. The number of esters is 1. The lowest BCUT2D eigenvalue weighted by atomic mass is 9.91. The number of hydrogen-bond donors (Lipinski definition) is 0. The highest BCUT2D eigenvalue weighted by atomic mass is 127. The largest absolute Gasteiger partial charge is 1.00 e. The van der Waals surface area contributed by atoms with E-state index in [4.69, 9.17) is 9.47 Å². The van der Waals surface area contributed by atoms with Gasteiger partial charge in [-0.05, 0) is 23.3 Å². The lowest BCUT2D eigenvalue weighted by Crippen LogP contribution is -3.00. The molecule has 2 aromatic carbocycles. The number of likely N-dealkylation sites (tertiary alicyclic amines) is 1. The number of halogens is 1. The molecule has 3 rings (SSSR count). The number of carbonyl (C=O) groups excluding carboxylic acids is 1. The van der Waals surface area contributed by atoms with Crippen molar-refractivity contribution in [3.05, 3.63) is 65.7 Å². The fourth-order valence-corrected chi connectivity index (χ4v) is 3.50. The van der Waals surface area contributed by atoms with E-state index in [1.165, 1.54) is 0 Å². The minimum Gasteiger partial charge on any atom is -1.00 e. The van der Waals surface area contributed by atoms with Crippen molar-refractivity contribution in [2.75, 3.05) is 34.3 Å². The van der Waals surface area contributed by atoms with Gasteiger partial charge < -0.3 is 37.9 Å². The Hall–Kier alpha value is -1.60. The molecular formula is C22H28INO3. The van der Waals surface area contributed by atoms with E-state index < -0.39 is 5.92 Å². The van der Waals surface area contributed by atoms with Gasteiger partial charge in [-0.2, -0.15) is 0 Å². The van der Waals surface area contributed by atoms with Crippen LogP contribution in [0, 0.1) is 0 Å². The van der Waals surface area contributed by atoms with Crippen LogP contribution in [0.1, 0.15) is 29.9 Å². The lowest BCUT2D eigenvalue weighted by Gasteiger charge is -2.37. The number of hydrogen-bond acceptors (Lipinski definition) is 3. The molecule has 0 aromatic heterocycles. The molecule has 1 aliphatic rings. The molecule has 1 unspecified atom stereocenters. The van der Waals surface area contributed by atoms with Crippen LogP contribution in [0.4, 0.5) is 0 Å². The first-order valence-electron chi connectivity index (χ1n) is 9.20. The molecule has 1 fully saturated rings. The quantitative estimate of drug-likeness (QED) is 0.357. The second kappa shape index (κ2) is 9.55. The van der Waals surface area contributed by atoms with Crippen LogP contribution >= 0.6 is 0 Å². The first-order chi connectivity index (χ1) is 12.5. The third kappa shape index (κ3) is 5.69. The van der Waals surface area contributed by atoms with Crippen LogP contribution in [0.25, 0.3) is 0 Å². The normalized spacial score (nSPS) is 17.4. The molecule has 2 aromatic rings. The number of piperidine rings is 1. The summed E-state index contributed by atoms with van der Waals surface area (Å²) in [4.78, 5) is 13.1. The molecule has 0 saturated carbocycles. The molecule has 1 heterocycles. The van der Waals surface area contributed by atoms with Crippen molar-refractivity contribution in [2.45, 2.75) is 24.9 Å². The summed E-state index contributed by atoms with van der Waals surface area (Å²) in [6.45, 7) is 2.08. The van der Waals surface area contributed by atoms with E-state index in [1.54, 1.807) is 7.11 Å². The predicted octanol–water partition coefficient (Wildman–Crippen LogP) is 0.613. The van der Waals surface area contributed by atoms with Gasteiger partial charge in [-0.3, -0.25) is 4.79 Å². The van der Waals surface area contributed by atoms with Crippen LogP contribution in [-0.4, -0.2) is 50.9 Å². The molecular weight excluding hydrogens is 453 g/mol. The Balaban J connectivity index is 0.00000261. The Morgan fingerprint density at radius 2 is 1.52 bits per heavy atom. The molecule has 0 N–H and O–H groups in total. The second-order valence-corrected chi connectivity index (χ2v) is 7.64. The Labute approximate surface area is 179 Å². The predicted molar refractivity (Wildman–Crippen MR) is 102 cm³/mol. The van der Waals surface area contributed by atoms with Gasteiger partial charge in [0.15, 0.2) is 0 Å². The summed E-state index contributed by atoms with van der Waals surface area (Å²) in [6, 6.07) is 17.5. The number of carbonyl (C=O) groups is 1. The summed E-state index contributed by atoms with van der Waals surface area (Å²) in [7, 11) is 6.09. The number of nitrogens with zero attached hydrogens (tertiary/aromatic N) is 1. The fourth-order valence-electron chi connectivity index (χ4n) is 3.50. The van der Waals surface area contributed by atoms with Gasteiger partial charge in [-0.25, -0.2) is 0 Å². The topological polar surface area (TPSA) is 35.5 Å². The maximum absolute atomic E-state index is 13.1. The van der Waals surface area contributed by atoms with Gasteiger partial charge in [0.25, 0.3) is 0 Å². The molecule has 0 bridgehead atoms. The Kier molecular flexibility index (Phi) is 7.68. The molecule has 27 heavy (non-hydrogen) atoms. The molecule has 0 spiro atoms. The summed E-state index contributed by atoms with van der Waals surface area (Å²) < 4.78 is 12.2. The van der Waals surface area contributed by atoms with E-state index in [0.717, 1.165) is 47.3 Å². The highest BCUT2D eigenvalue weighted by molar-refractivity contribution is 5.82. The van der Waals surface area contributed by atoms with Crippen LogP contribution in [0.2, 0.25) is 0 Å². The van der Waals surface area contributed by atoms with E-state index in [1.807, 2.05) is 54.6 Å². The van der Waals surface area contributed by atoms with Crippen molar-refractivity contribution >= 4 is 5.97 Å². The van der Waals surface area contributed by atoms with Crippen molar-refractivity contribution in [2.24, 2.45) is 0 Å². The van der Waals surface area contributed by atoms with Gasteiger partial charge in [-0.1, -0.05) is 42.5 Å². The summed E-state index contributed by atoms with van der Waals surface area (Å²) in [5, 5.41) is 0. The zero-order chi connectivity index (χ0) is 18.6. The van der Waals surface area contributed by atoms with Gasteiger partial charge >= 0.3 is 5.97 Å². The summed E-state index contributed by atoms with van der Waals surface area (Å²) in [5.41, 5.74) is 1.88. The fraction of sp³-hybridized carbons (Fsp3) is 0.409. The molecule has 1 saturated heterocycles. The summed E-state index contributed by atoms with van der Waals surface area (Å²) in [5.74, 6) is 0.200. The Bertz CT molecular complexity index is 721. The van der Waals surface area contributed by atoms with E-state index in [0.29, 0.717) is 0 Å². The van der Waals surface area contributed by atoms with Gasteiger partial charge in [0.05, 0.1) is 34.3 Å². The Morgan fingerprint density at radius 3 is 2.07 bits per heavy atom. The van der Waals surface area contributed by atoms with Crippen LogP contribution in [0.15, 0.2) is 54.6 Å². The van der Waals surface area contributed by atoms with Crippen LogP contribution in [-0.2, 0) is 9.53 Å². The monoisotopic (exact) mass is 481 g/mol. The number of rotatable bonds is 5. The van der Waals surface area contributed by atoms with Crippen LogP contribution in [0.3, 0.4) is 0 Å². The smallest absolute Gasteiger partial charge is 0.318 e. The molecule has 0 amide bonds. The van der Waals surface area contributed by atoms with Crippen LogP contribution in [0.5, 0.6) is 5.75 Å². The van der Waals surface area contributed by atoms with Crippen LogP contribution < -0.4 is 28.7 Å². The van der Waals surface area contributed by atoms with Gasteiger partial charge in [0.2, 0.25) is 0 Å². The molecule has 5 heteroatoms. The maximum Gasteiger partial charge on any atom is 0.318 e. The summed E-state index contributed by atoms with van der Waals surface area (Å²) >= 11 is 0. The van der Waals surface area contributed by atoms with Crippen molar-refractivity contribution < 1.29 is 42.7 Å². The SMILES string of the molecule is COc1ccc(C(C(=O)OC2CC[N+](C)(C)CC2)c2ccccc2)cc1.[I-]. The molecule has 4 nitrogen and oxygen atoms in total. The van der Waals surface area contributed by atoms with Crippen molar-refractivity contribution in [1.29, 1.82) is 0 Å². The summed E-state index contributed by atoms with van der Waals surface area (Å²) in [6.07, 6.45) is 1.85. The van der Waals surface area contributed by atoms with E-state index in [2.05, 4.69) is 14.1 Å². The van der Waals surface area contributed by atoms with Crippen molar-refractivity contribution in [3.8, 4) is 5.75 Å². The molecule has 146 valence electrons. The number of quaternary nitrogens is 1. The molecule has 1 aliphatic heterocycles. The number of ether oxygens (including phenoxy) is 2. The van der Waals surface area contributed by atoms with E-state index in [-0.39, 0.29) is 36.0 Å². The third-order valence-corrected chi connectivity index (χ3v) is 5.21. The van der Waals surface area contributed by atoms with Crippen molar-refractivity contribution in [3.63, 3.8) is 0 Å². The highest BCUT2D eigenvalue weighted by Gasteiger charge is 2.31. The zero-order valence-electron chi connectivity index (χ0n) is 16.2. The Morgan fingerprint density at radius 1 is 0.963 bits per heavy atom. The molecule has 1 atom stereocenters. The number of methoxy groups -OCH3 is 1. The standard InChI is InChI=1S/C22H28NO3.HI/c1-23(2)15-13-20(14-16-23)26-22(24)21(17-7-5-4-6-8-17)18-9-11-19(25-3)12-10-18;/h4-12,20-21H,13-16H2,1-3H3;1H/q+1;/p-1.